The summed E-state index contributed by atoms with van der Waals surface area (Å²) in [5.74, 6) is 0. The molecule has 0 aliphatic carbocycles. The molecule has 0 saturated heterocycles. The van der Waals surface area contributed by atoms with Gasteiger partial charge in [0.25, 0.3) is 0 Å². The van der Waals surface area contributed by atoms with Crippen LogP contribution in [0, 0.1) is 0 Å². The third-order valence-electron chi connectivity index (χ3n) is 0.771. The molecule has 3 heteroatoms. The molecule has 0 bridgehead atoms. The first-order valence-electron chi connectivity index (χ1n) is 2.47. The van der Waals surface area contributed by atoms with Gasteiger partial charge in [0.05, 0.1) is 27.7 Å². The topological polar surface area (TPSA) is 20.2 Å². The number of aliphatic hydroxyl groups is 1. The number of rotatable bonds is 2. The Bertz CT molecular complexity index is 50.9. The summed E-state index contributed by atoms with van der Waals surface area (Å²) in [6, 6.07) is 0. The van der Waals surface area contributed by atoms with Crippen molar-refractivity contribution in [2.45, 2.75) is 0 Å². The molecule has 0 heterocycles. The molecule has 0 aromatic heterocycles. The van der Waals surface area contributed by atoms with Crippen molar-refractivity contribution in [2.75, 3.05) is 34.3 Å². The molecule has 0 aliphatic rings. The van der Waals surface area contributed by atoms with Crippen LogP contribution in [0.3, 0.4) is 0 Å². The zero-order chi connectivity index (χ0) is 5.91. The van der Waals surface area contributed by atoms with E-state index in [0.717, 1.165) is 11.0 Å². The van der Waals surface area contributed by atoms with Gasteiger partial charge in [0, 0.05) is 0 Å². The number of nitrogens with zero attached hydrogens (tertiary/aromatic N) is 1. The number of quaternary nitrogens is 1. The van der Waals surface area contributed by atoms with Crippen molar-refractivity contribution < 1.29 is 9.59 Å². The van der Waals surface area contributed by atoms with E-state index in [2.05, 4.69) is 21.1 Å². The third-order valence-corrected chi connectivity index (χ3v) is 0.771. The normalized spacial score (nSPS) is 10.5. The fourth-order valence-corrected chi connectivity index (χ4v) is 0.300. The summed E-state index contributed by atoms with van der Waals surface area (Å²) in [5.41, 5.74) is 0. The Morgan fingerprint density at radius 2 is 1.62 bits per heavy atom. The van der Waals surface area contributed by atoms with Crippen LogP contribution in [0.15, 0.2) is 0 Å². The van der Waals surface area contributed by atoms with Gasteiger partial charge in [0.15, 0.2) is 0 Å². The van der Waals surface area contributed by atoms with E-state index in [1.807, 2.05) is 0 Å². The van der Waals surface area contributed by atoms with E-state index in [9.17, 15) is 0 Å². The van der Waals surface area contributed by atoms with Crippen LogP contribution in [0.5, 0.6) is 0 Å². The summed E-state index contributed by atoms with van der Waals surface area (Å²) in [6.45, 7) is 1.11. The summed E-state index contributed by atoms with van der Waals surface area (Å²) in [4.78, 5) is 0. The van der Waals surface area contributed by atoms with E-state index in [0.29, 0.717) is 0 Å². The second kappa shape index (κ2) is 4.33. The van der Waals surface area contributed by atoms with E-state index in [1.165, 1.54) is 0 Å². The maximum atomic E-state index is 8.39. The number of hydrogen-bond donors (Lipinski definition) is 1. The standard InChI is InChI=1S/C5H14NO.H2Se/c1-6(2,3)4-5-7;/h7H,4-5H2,1-3H3;1H2/q+1;. The van der Waals surface area contributed by atoms with Gasteiger partial charge in [-0.3, -0.25) is 0 Å². The van der Waals surface area contributed by atoms with Crippen molar-refractivity contribution in [3.8, 4) is 0 Å². The van der Waals surface area contributed by atoms with Crippen molar-refractivity contribution in [1.29, 1.82) is 0 Å². The van der Waals surface area contributed by atoms with Crippen molar-refractivity contribution in [3.63, 3.8) is 0 Å². The zero-order valence-electron chi connectivity index (χ0n) is 5.81. The molecule has 2 nitrogen and oxygen atoms in total. The minimum absolute atomic E-state index is 0. The predicted octanol–water partition coefficient (Wildman–Crippen LogP) is -1.23. The molecule has 0 fully saturated rings. The van der Waals surface area contributed by atoms with Crippen LogP contribution >= 0.6 is 0 Å². The van der Waals surface area contributed by atoms with Crippen LogP contribution in [-0.2, 0) is 0 Å². The van der Waals surface area contributed by atoms with Crippen LogP contribution in [0.4, 0.5) is 0 Å². The van der Waals surface area contributed by atoms with E-state index in [-0.39, 0.29) is 23.7 Å². The molecular formula is C5H16NOSe+. The molecule has 8 heavy (non-hydrogen) atoms. The van der Waals surface area contributed by atoms with E-state index in [1.54, 1.807) is 0 Å². The van der Waals surface area contributed by atoms with Crippen LogP contribution in [0.25, 0.3) is 0 Å². The van der Waals surface area contributed by atoms with E-state index < -0.39 is 0 Å². The molecule has 0 radical (unpaired) electrons. The van der Waals surface area contributed by atoms with Crippen LogP contribution in [-0.4, -0.2) is 61.0 Å². The Hall–Kier alpha value is 0.439. The molecule has 0 atom stereocenters. The fourth-order valence-electron chi connectivity index (χ4n) is 0.300. The van der Waals surface area contributed by atoms with Crippen LogP contribution in [0.2, 0.25) is 0 Å². The van der Waals surface area contributed by atoms with Gasteiger partial charge in [-0.25, -0.2) is 0 Å². The third kappa shape index (κ3) is 9.67. The van der Waals surface area contributed by atoms with E-state index >= 15 is 0 Å². The Labute approximate surface area is 61.6 Å². The van der Waals surface area contributed by atoms with Crippen LogP contribution in [0.1, 0.15) is 0 Å². The van der Waals surface area contributed by atoms with Gasteiger partial charge in [0.2, 0.25) is 0 Å². The minimum atomic E-state index is 0. The van der Waals surface area contributed by atoms with Gasteiger partial charge in [-0.1, -0.05) is 0 Å². The van der Waals surface area contributed by atoms with Gasteiger partial charge in [-0.15, -0.1) is 0 Å². The predicted molar refractivity (Wildman–Crippen MR) is 38.5 cm³/mol. The molecule has 1 N–H and O–H groups in total. The maximum absolute atomic E-state index is 8.39. The molecule has 0 aromatic rings. The quantitative estimate of drug-likeness (QED) is 0.422. The van der Waals surface area contributed by atoms with Crippen molar-refractivity contribution >= 4 is 17.1 Å². The summed E-state index contributed by atoms with van der Waals surface area (Å²) in [5, 5.41) is 8.39. The average Bonchev–Trinajstić information content (AvgIpc) is 1.30. The Morgan fingerprint density at radius 1 is 1.25 bits per heavy atom. The summed E-state index contributed by atoms with van der Waals surface area (Å²) in [7, 11) is 6.16. The van der Waals surface area contributed by atoms with Gasteiger partial charge < -0.3 is 9.59 Å². The average molecular weight is 185 g/mol. The first-order chi connectivity index (χ1) is 3.06. The molecule has 52 valence electrons. The molecule has 0 amide bonds. The second-order valence-corrected chi connectivity index (χ2v) is 2.74. The molecule has 0 spiro atoms. The zero-order valence-corrected chi connectivity index (χ0v) is 7.91. The summed E-state index contributed by atoms with van der Waals surface area (Å²) in [6.07, 6.45) is 0. The molecular weight excluding hydrogens is 169 g/mol. The van der Waals surface area contributed by atoms with Crippen LogP contribution < -0.4 is 0 Å². The van der Waals surface area contributed by atoms with Crippen molar-refractivity contribution in [2.24, 2.45) is 0 Å². The summed E-state index contributed by atoms with van der Waals surface area (Å²) >= 11 is 0. The summed E-state index contributed by atoms with van der Waals surface area (Å²) < 4.78 is 0.844. The van der Waals surface area contributed by atoms with Gasteiger partial charge in [0.1, 0.15) is 6.54 Å². The Balaban J connectivity index is 0. The van der Waals surface area contributed by atoms with Gasteiger partial charge in [-0.2, -0.15) is 0 Å². The molecule has 0 aliphatic heterocycles. The van der Waals surface area contributed by atoms with Gasteiger partial charge >= 0.3 is 17.1 Å². The first-order valence-corrected chi connectivity index (χ1v) is 2.47. The molecule has 0 saturated carbocycles. The van der Waals surface area contributed by atoms with Crippen molar-refractivity contribution in [3.05, 3.63) is 0 Å². The van der Waals surface area contributed by atoms with E-state index in [4.69, 9.17) is 5.11 Å². The molecule has 0 rings (SSSR count). The SMILES string of the molecule is C[N+](C)(C)CCO.[SeH2]. The van der Waals surface area contributed by atoms with Gasteiger partial charge in [-0.05, 0) is 0 Å². The van der Waals surface area contributed by atoms with Crippen molar-refractivity contribution in [1.82, 2.24) is 0 Å². The molecule has 0 unspecified atom stereocenters. The molecule has 0 aromatic carbocycles. The monoisotopic (exact) mass is 186 g/mol. The number of aliphatic hydroxyl groups excluding tert-OH is 1. The number of likely N-dealkylation sites (N-methyl/N-ethyl adjacent to an activating group) is 1. The first kappa shape index (κ1) is 11.3. The Morgan fingerprint density at radius 3 is 1.62 bits per heavy atom. The Kier molecular flexibility index (Phi) is 6.10. The second-order valence-electron chi connectivity index (χ2n) is 2.74. The fraction of sp³-hybridized carbons (Fsp3) is 1.00. The number of hydrogen-bond acceptors (Lipinski definition) is 1.